The molecular weight excluding hydrogens is 630 g/mol. The summed E-state index contributed by atoms with van der Waals surface area (Å²) in [5.74, 6) is -2.72. The second kappa shape index (κ2) is 21.3. The Morgan fingerprint density at radius 3 is 2.02 bits per heavy atom. The summed E-state index contributed by atoms with van der Waals surface area (Å²) in [5.41, 5.74) is 6.83. The highest BCUT2D eigenvalue weighted by molar-refractivity contribution is 6.02. The number of carbonyl (C=O) groups excluding carboxylic acids is 6. The minimum absolute atomic E-state index is 0. The van der Waals surface area contributed by atoms with Gasteiger partial charge in [0.2, 0.25) is 29.5 Å². The molecule has 0 aliphatic carbocycles. The molecule has 0 aromatic heterocycles. The van der Waals surface area contributed by atoms with Crippen molar-refractivity contribution < 1.29 is 33.5 Å². The van der Waals surface area contributed by atoms with E-state index in [1.165, 1.54) is 11.8 Å². The Hall–Kier alpha value is -4.53. The molecule has 0 fully saturated rings. The van der Waals surface area contributed by atoms with E-state index < -0.39 is 54.3 Å². The number of hydrogen-bond acceptors (Lipinski definition) is 9. The SMILES string of the molecule is CNCC(=O)N(CCNC(=O)CNC(=O)[C@H](CC(C)C)NC(=O)[C@H](C)N(C(=O)CN)c1ccccc1)C(=O)OCc1ccccc1.Cl. The van der Waals surface area contributed by atoms with E-state index in [-0.39, 0.29) is 57.5 Å². The molecule has 2 aromatic carbocycles. The van der Waals surface area contributed by atoms with Crippen molar-refractivity contribution in [3.8, 4) is 0 Å². The first-order valence-corrected chi connectivity index (χ1v) is 15.1. The van der Waals surface area contributed by atoms with Crippen molar-refractivity contribution >= 4 is 53.7 Å². The minimum Gasteiger partial charge on any atom is -0.444 e. The summed E-state index contributed by atoms with van der Waals surface area (Å²) in [6.45, 7) is 4.19. The number of benzene rings is 2. The average molecular weight is 676 g/mol. The van der Waals surface area contributed by atoms with Crippen molar-refractivity contribution in [2.24, 2.45) is 11.7 Å². The Labute approximate surface area is 281 Å². The number of anilines is 1. The number of nitrogens with two attached hydrogens (primary N) is 1. The summed E-state index contributed by atoms with van der Waals surface area (Å²) in [7, 11) is 1.56. The van der Waals surface area contributed by atoms with Gasteiger partial charge in [0.25, 0.3) is 0 Å². The van der Waals surface area contributed by atoms with E-state index in [1.54, 1.807) is 61.6 Å². The van der Waals surface area contributed by atoms with Gasteiger partial charge in [0.1, 0.15) is 18.7 Å². The minimum atomic E-state index is -0.984. The van der Waals surface area contributed by atoms with Crippen LogP contribution in [0.2, 0.25) is 0 Å². The highest BCUT2D eigenvalue weighted by atomic mass is 35.5. The number of amides is 6. The van der Waals surface area contributed by atoms with Crippen LogP contribution >= 0.6 is 12.4 Å². The van der Waals surface area contributed by atoms with Gasteiger partial charge in [-0.15, -0.1) is 12.4 Å². The lowest BCUT2D eigenvalue weighted by molar-refractivity contribution is -0.131. The maximum Gasteiger partial charge on any atom is 0.416 e. The summed E-state index contributed by atoms with van der Waals surface area (Å²) in [5, 5.41) is 10.5. The van der Waals surface area contributed by atoms with Crippen LogP contribution in [-0.4, -0.2) is 92.4 Å². The number of ether oxygens (including phenoxy) is 1. The summed E-state index contributed by atoms with van der Waals surface area (Å²) < 4.78 is 5.27. The lowest BCUT2D eigenvalue weighted by Gasteiger charge is -2.30. The molecule has 2 atom stereocenters. The number of nitrogens with zero attached hydrogens (tertiary/aromatic N) is 2. The first-order valence-electron chi connectivity index (χ1n) is 15.1. The lowest BCUT2D eigenvalue weighted by Crippen LogP contribution is -2.56. The second-order valence-corrected chi connectivity index (χ2v) is 10.9. The first-order chi connectivity index (χ1) is 22.0. The fourth-order valence-corrected chi connectivity index (χ4v) is 4.40. The normalized spacial score (nSPS) is 11.7. The van der Waals surface area contributed by atoms with Crippen LogP contribution < -0.4 is 31.9 Å². The third-order valence-corrected chi connectivity index (χ3v) is 6.72. The highest BCUT2D eigenvalue weighted by Gasteiger charge is 2.30. The van der Waals surface area contributed by atoms with Crippen LogP contribution in [0.1, 0.15) is 32.8 Å². The van der Waals surface area contributed by atoms with E-state index in [4.69, 9.17) is 10.5 Å². The van der Waals surface area contributed by atoms with Crippen molar-refractivity contribution in [2.45, 2.75) is 45.9 Å². The van der Waals surface area contributed by atoms with Gasteiger partial charge >= 0.3 is 6.09 Å². The molecule has 14 nitrogen and oxygen atoms in total. The van der Waals surface area contributed by atoms with Crippen molar-refractivity contribution in [3.63, 3.8) is 0 Å². The zero-order valence-electron chi connectivity index (χ0n) is 27.2. The number of hydrogen-bond donors (Lipinski definition) is 5. The van der Waals surface area contributed by atoms with E-state index in [0.29, 0.717) is 5.69 Å². The van der Waals surface area contributed by atoms with E-state index in [0.717, 1.165) is 10.5 Å². The number of nitrogens with one attached hydrogen (secondary N) is 4. The Kier molecular flexibility index (Phi) is 18.4. The van der Waals surface area contributed by atoms with Gasteiger partial charge in [0.15, 0.2) is 0 Å². The van der Waals surface area contributed by atoms with Gasteiger partial charge in [-0.1, -0.05) is 62.4 Å². The van der Waals surface area contributed by atoms with Crippen molar-refractivity contribution in [1.29, 1.82) is 0 Å². The Bertz CT molecular complexity index is 1320. The van der Waals surface area contributed by atoms with Crippen LogP contribution in [0.25, 0.3) is 0 Å². The number of carbonyl (C=O) groups is 6. The second-order valence-electron chi connectivity index (χ2n) is 10.9. The monoisotopic (exact) mass is 675 g/mol. The van der Waals surface area contributed by atoms with Gasteiger partial charge < -0.3 is 31.7 Å². The maximum absolute atomic E-state index is 13.2. The molecule has 0 aliphatic rings. The summed E-state index contributed by atoms with van der Waals surface area (Å²) in [6.07, 6.45) is -0.581. The molecule has 258 valence electrons. The van der Waals surface area contributed by atoms with E-state index >= 15 is 0 Å². The molecule has 6 amide bonds. The van der Waals surface area contributed by atoms with E-state index in [2.05, 4.69) is 21.3 Å². The molecule has 0 bridgehead atoms. The van der Waals surface area contributed by atoms with E-state index in [9.17, 15) is 28.8 Å². The Balaban J connectivity index is 0.0000110. The molecular formula is C32H46ClN7O7. The lowest BCUT2D eigenvalue weighted by atomic mass is 10.0. The molecule has 6 N–H and O–H groups in total. The zero-order valence-corrected chi connectivity index (χ0v) is 28.0. The fraction of sp³-hybridized carbons (Fsp3) is 0.438. The summed E-state index contributed by atoms with van der Waals surface area (Å²) in [4.78, 5) is 78.7. The standard InChI is InChI=1S/C32H45N7O7.ClH/c1-22(2)17-26(37-30(43)23(3)39(28(41)18-33)25-13-9-6-10-14-25)31(44)36-19-27(40)35-15-16-38(29(42)20-34-4)32(45)46-21-24-11-7-5-8-12-24;/h5-14,22-23,26,34H,15-21,33H2,1-4H3,(H,35,40)(H,36,44)(H,37,43);1H/t23-,26-;/m0./s1. The van der Waals surface area contributed by atoms with Crippen LogP contribution in [0.4, 0.5) is 10.5 Å². The Morgan fingerprint density at radius 2 is 1.45 bits per heavy atom. The van der Waals surface area contributed by atoms with Crippen LogP contribution in [0.5, 0.6) is 0 Å². The molecule has 2 aromatic rings. The van der Waals surface area contributed by atoms with Crippen LogP contribution in [0, 0.1) is 5.92 Å². The summed E-state index contributed by atoms with van der Waals surface area (Å²) >= 11 is 0. The molecule has 2 rings (SSSR count). The fourth-order valence-electron chi connectivity index (χ4n) is 4.40. The molecule has 0 saturated heterocycles. The largest absolute Gasteiger partial charge is 0.444 e. The van der Waals surface area contributed by atoms with Gasteiger partial charge in [-0.25, -0.2) is 9.69 Å². The van der Waals surface area contributed by atoms with Gasteiger partial charge in [0.05, 0.1) is 19.6 Å². The van der Waals surface area contributed by atoms with Crippen LogP contribution in [0.3, 0.4) is 0 Å². The van der Waals surface area contributed by atoms with Gasteiger partial charge in [-0.05, 0) is 44.0 Å². The number of imide groups is 1. The van der Waals surface area contributed by atoms with Gasteiger partial charge in [-0.2, -0.15) is 0 Å². The highest BCUT2D eigenvalue weighted by Crippen LogP contribution is 2.17. The maximum atomic E-state index is 13.2. The molecule has 0 radical (unpaired) electrons. The van der Waals surface area contributed by atoms with Crippen LogP contribution in [-0.2, 0) is 35.3 Å². The van der Waals surface area contributed by atoms with Crippen molar-refractivity contribution in [2.75, 3.05) is 44.7 Å². The quantitative estimate of drug-likeness (QED) is 0.162. The first kappa shape index (κ1) is 40.5. The molecule has 0 saturated carbocycles. The van der Waals surface area contributed by atoms with Gasteiger partial charge in [-0.3, -0.25) is 28.9 Å². The third-order valence-electron chi connectivity index (χ3n) is 6.72. The predicted octanol–water partition coefficient (Wildman–Crippen LogP) is 0.937. The molecule has 0 aliphatic heterocycles. The predicted molar refractivity (Wildman–Crippen MR) is 179 cm³/mol. The average Bonchev–Trinajstić information content (AvgIpc) is 3.04. The zero-order chi connectivity index (χ0) is 34.1. The van der Waals surface area contributed by atoms with Crippen molar-refractivity contribution in [1.82, 2.24) is 26.2 Å². The van der Waals surface area contributed by atoms with Gasteiger partial charge in [0, 0.05) is 18.8 Å². The van der Waals surface area contributed by atoms with Crippen LogP contribution in [0.15, 0.2) is 60.7 Å². The number of halogens is 1. The molecule has 0 spiro atoms. The molecule has 47 heavy (non-hydrogen) atoms. The molecule has 0 unspecified atom stereocenters. The summed E-state index contributed by atoms with van der Waals surface area (Å²) in [6, 6.07) is 15.6. The third kappa shape index (κ3) is 13.8. The topological polar surface area (TPSA) is 192 Å². The number of rotatable bonds is 17. The number of para-hydroxylation sites is 1. The van der Waals surface area contributed by atoms with E-state index in [1.807, 2.05) is 19.9 Å². The smallest absolute Gasteiger partial charge is 0.416 e. The Morgan fingerprint density at radius 1 is 0.830 bits per heavy atom. The molecule has 15 heteroatoms. The number of likely N-dealkylation sites (N-methyl/N-ethyl adjacent to an activating group) is 1. The molecule has 0 heterocycles. The van der Waals surface area contributed by atoms with Crippen molar-refractivity contribution in [3.05, 3.63) is 66.2 Å².